The Morgan fingerprint density at radius 2 is 1.93 bits per heavy atom. The van der Waals surface area contributed by atoms with Crippen molar-refractivity contribution in [2.75, 3.05) is 38.3 Å². The standard InChI is InChI=1S/C17H19N5O3S2.ClH/c1-21(2)8-9-22(16(23)14-11-18-6-7-19-14)17-20-13-5-4-12(27(3,24)25)10-15(13)26-17;/h4-7,10-11H,8-9H2,1-3H3;1H. The van der Waals surface area contributed by atoms with Crippen LogP contribution in [-0.2, 0) is 9.84 Å². The number of anilines is 1. The molecule has 1 aromatic carbocycles. The quantitative estimate of drug-likeness (QED) is 0.578. The van der Waals surface area contributed by atoms with Gasteiger partial charge >= 0.3 is 0 Å². The predicted octanol–water partition coefficient (Wildman–Crippen LogP) is 2.12. The van der Waals surface area contributed by atoms with Crippen LogP contribution in [0.3, 0.4) is 0 Å². The molecule has 0 saturated heterocycles. The number of rotatable bonds is 6. The molecule has 3 aromatic rings. The van der Waals surface area contributed by atoms with Gasteiger partial charge in [0, 0.05) is 31.7 Å². The van der Waals surface area contributed by atoms with Crippen molar-refractivity contribution in [3.8, 4) is 0 Å². The summed E-state index contributed by atoms with van der Waals surface area (Å²) in [6.45, 7) is 1.05. The van der Waals surface area contributed by atoms with Crippen LogP contribution < -0.4 is 4.90 Å². The lowest BCUT2D eigenvalue weighted by molar-refractivity contribution is 0.0980. The fraction of sp³-hybridized carbons (Fsp3) is 0.294. The number of fused-ring (bicyclic) bond motifs is 1. The maximum absolute atomic E-state index is 12.9. The van der Waals surface area contributed by atoms with Gasteiger partial charge in [-0.3, -0.25) is 14.7 Å². The maximum atomic E-state index is 12.9. The van der Waals surface area contributed by atoms with Gasteiger partial charge in [-0.2, -0.15) is 0 Å². The third-order valence-corrected chi connectivity index (χ3v) is 5.96. The second-order valence-electron chi connectivity index (χ2n) is 6.25. The fourth-order valence-electron chi connectivity index (χ4n) is 2.37. The van der Waals surface area contributed by atoms with Crippen molar-refractivity contribution in [3.05, 3.63) is 42.5 Å². The molecule has 0 fully saturated rings. The highest BCUT2D eigenvalue weighted by Gasteiger charge is 2.23. The highest BCUT2D eigenvalue weighted by Crippen LogP contribution is 2.31. The Morgan fingerprint density at radius 1 is 1.18 bits per heavy atom. The van der Waals surface area contributed by atoms with E-state index in [1.807, 2.05) is 19.0 Å². The normalized spacial score (nSPS) is 11.4. The number of amides is 1. The van der Waals surface area contributed by atoms with Crippen molar-refractivity contribution in [3.63, 3.8) is 0 Å². The predicted molar refractivity (Wildman–Crippen MR) is 112 cm³/mol. The molecule has 0 unspecified atom stereocenters. The van der Waals surface area contributed by atoms with Crippen LogP contribution in [0.2, 0.25) is 0 Å². The molecule has 0 aliphatic rings. The van der Waals surface area contributed by atoms with E-state index < -0.39 is 9.84 Å². The van der Waals surface area contributed by atoms with Gasteiger partial charge in [0.05, 0.1) is 21.3 Å². The fourth-order valence-corrected chi connectivity index (χ4v) is 4.12. The summed E-state index contributed by atoms with van der Waals surface area (Å²) in [6.07, 6.45) is 5.55. The van der Waals surface area contributed by atoms with Gasteiger partial charge in [-0.05, 0) is 32.3 Å². The van der Waals surface area contributed by atoms with Crippen LogP contribution in [0.4, 0.5) is 5.13 Å². The summed E-state index contributed by atoms with van der Waals surface area (Å²) in [5, 5.41) is 0.494. The average molecular weight is 442 g/mol. The molecular weight excluding hydrogens is 422 g/mol. The van der Waals surface area contributed by atoms with Gasteiger partial charge in [-0.1, -0.05) is 11.3 Å². The summed E-state index contributed by atoms with van der Waals surface area (Å²) in [6, 6.07) is 4.77. The third-order valence-electron chi connectivity index (χ3n) is 3.81. The summed E-state index contributed by atoms with van der Waals surface area (Å²) in [5.74, 6) is -0.299. The van der Waals surface area contributed by atoms with Gasteiger partial charge in [-0.25, -0.2) is 18.4 Å². The summed E-state index contributed by atoms with van der Waals surface area (Å²) in [4.78, 5) is 29.2. The number of likely N-dealkylation sites (N-methyl/N-ethyl adjacent to an activating group) is 1. The first kappa shape index (κ1) is 22.2. The molecule has 8 nitrogen and oxygen atoms in total. The van der Waals surface area contributed by atoms with E-state index in [9.17, 15) is 13.2 Å². The maximum Gasteiger partial charge on any atom is 0.280 e. The van der Waals surface area contributed by atoms with Crippen LogP contribution in [0.1, 0.15) is 10.5 Å². The van der Waals surface area contributed by atoms with E-state index in [0.717, 1.165) is 6.26 Å². The van der Waals surface area contributed by atoms with Crippen LogP contribution in [0.25, 0.3) is 10.2 Å². The highest BCUT2D eigenvalue weighted by molar-refractivity contribution is 7.90. The van der Waals surface area contributed by atoms with Crippen LogP contribution >= 0.6 is 23.7 Å². The Labute approximate surface area is 173 Å². The molecule has 3 rings (SSSR count). The summed E-state index contributed by atoms with van der Waals surface area (Å²) in [5.41, 5.74) is 0.872. The van der Waals surface area contributed by atoms with Crippen molar-refractivity contribution in [2.45, 2.75) is 4.90 Å². The number of thiazole rings is 1. The summed E-state index contributed by atoms with van der Waals surface area (Å²) < 4.78 is 24.3. The lowest BCUT2D eigenvalue weighted by atomic mass is 10.3. The Kier molecular flexibility index (Phi) is 7.05. The molecule has 0 saturated carbocycles. The number of aromatic nitrogens is 3. The molecule has 2 heterocycles. The second-order valence-corrected chi connectivity index (χ2v) is 9.27. The molecule has 1 amide bonds. The van der Waals surface area contributed by atoms with Crippen molar-refractivity contribution < 1.29 is 13.2 Å². The molecule has 0 aliphatic heterocycles. The van der Waals surface area contributed by atoms with Crippen molar-refractivity contribution in [2.24, 2.45) is 0 Å². The van der Waals surface area contributed by atoms with Crippen LogP contribution in [0.15, 0.2) is 41.7 Å². The third kappa shape index (κ3) is 5.02. The van der Waals surface area contributed by atoms with E-state index in [1.54, 1.807) is 17.0 Å². The van der Waals surface area contributed by atoms with Crippen molar-refractivity contribution in [1.29, 1.82) is 0 Å². The largest absolute Gasteiger partial charge is 0.308 e. The van der Waals surface area contributed by atoms with Gasteiger partial charge < -0.3 is 4.90 Å². The number of hydrogen-bond acceptors (Lipinski definition) is 8. The van der Waals surface area contributed by atoms with Gasteiger partial charge in [0.25, 0.3) is 5.91 Å². The topological polar surface area (TPSA) is 96.4 Å². The summed E-state index contributed by atoms with van der Waals surface area (Å²) >= 11 is 1.27. The van der Waals surface area contributed by atoms with Crippen molar-refractivity contribution in [1.82, 2.24) is 19.9 Å². The minimum Gasteiger partial charge on any atom is -0.308 e. The SMILES string of the molecule is CN(C)CCN(C(=O)c1cnccn1)c1nc2ccc(S(C)(=O)=O)cc2s1.Cl. The lowest BCUT2D eigenvalue weighted by Gasteiger charge is -2.21. The van der Waals surface area contributed by atoms with Crippen LogP contribution in [0, 0.1) is 0 Å². The van der Waals surface area contributed by atoms with E-state index in [0.29, 0.717) is 28.4 Å². The monoisotopic (exact) mass is 441 g/mol. The molecule has 0 bridgehead atoms. The summed E-state index contributed by atoms with van der Waals surface area (Å²) in [7, 11) is 0.524. The minimum atomic E-state index is -3.31. The first-order valence-corrected chi connectivity index (χ1v) is 10.8. The van der Waals surface area contributed by atoms with E-state index >= 15 is 0 Å². The Balaban J connectivity index is 0.00000280. The van der Waals surface area contributed by atoms with Gasteiger partial charge in [-0.15, -0.1) is 12.4 Å². The first-order valence-electron chi connectivity index (χ1n) is 8.09. The molecule has 150 valence electrons. The molecule has 0 spiro atoms. The van der Waals surface area contributed by atoms with E-state index in [1.165, 1.54) is 36.0 Å². The van der Waals surface area contributed by atoms with Gasteiger partial charge in [0.15, 0.2) is 15.0 Å². The lowest BCUT2D eigenvalue weighted by Crippen LogP contribution is -2.37. The zero-order chi connectivity index (χ0) is 19.6. The molecule has 0 N–H and O–H groups in total. The zero-order valence-electron chi connectivity index (χ0n) is 15.6. The Morgan fingerprint density at radius 3 is 2.54 bits per heavy atom. The number of sulfone groups is 1. The van der Waals surface area contributed by atoms with E-state index in [-0.39, 0.29) is 28.9 Å². The number of carbonyl (C=O) groups excluding carboxylic acids is 1. The second kappa shape index (κ2) is 8.91. The Bertz CT molecular complexity index is 1070. The van der Waals surface area contributed by atoms with Crippen LogP contribution in [0.5, 0.6) is 0 Å². The van der Waals surface area contributed by atoms with Gasteiger partial charge in [0.1, 0.15) is 5.69 Å². The van der Waals surface area contributed by atoms with Crippen LogP contribution in [-0.4, -0.2) is 67.6 Å². The molecular formula is C17H20ClN5O3S2. The zero-order valence-corrected chi connectivity index (χ0v) is 18.0. The average Bonchev–Trinajstić information content (AvgIpc) is 3.04. The number of hydrogen-bond donors (Lipinski definition) is 0. The smallest absolute Gasteiger partial charge is 0.280 e. The van der Waals surface area contributed by atoms with Gasteiger partial charge in [0.2, 0.25) is 0 Å². The highest BCUT2D eigenvalue weighted by atomic mass is 35.5. The molecule has 2 aromatic heterocycles. The molecule has 11 heteroatoms. The van der Waals surface area contributed by atoms with E-state index in [4.69, 9.17) is 0 Å². The number of benzene rings is 1. The molecule has 0 aliphatic carbocycles. The molecule has 0 radical (unpaired) electrons. The number of nitrogens with zero attached hydrogens (tertiary/aromatic N) is 5. The number of halogens is 1. The molecule has 0 atom stereocenters. The Hall–Kier alpha value is -2.14. The first-order chi connectivity index (χ1) is 12.8. The van der Waals surface area contributed by atoms with Crippen molar-refractivity contribution >= 4 is 54.8 Å². The molecule has 28 heavy (non-hydrogen) atoms. The number of carbonyl (C=O) groups is 1. The van der Waals surface area contributed by atoms with E-state index in [2.05, 4.69) is 15.0 Å². The minimum absolute atomic E-state index is 0.